The van der Waals surface area contributed by atoms with Crippen LogP contribution in [0.5, 0.6) is 5.75 Å². The first-order valence-electron chi connectivity index (χ1n) is 6.48. The predicted octanol–water partition coefficient (Wildman–Crippen LogP) is 4.70. The summed E-state index contributed by atoms with van der Waals surface area (Å²) in [6.07, 6.45) is 1.70. The van der Waals surface area contributed by atoms with Crippen molar-refractivity contribution in [3.05, 3.63) is 63.2 Å². The summed E-state index contributed by atoms with van der Waals surface area (Å²) in [4.78, 5) is 14.4. The molecule has 0 radical (unpaired) electrons. The maximum atomic E-state index is 13.0. The van der Waals surface area contributed by atoms with Crippen molar-refractivity contribution in [2.24, 2.45) is 0 Å². The van der Waals surface area contributed by atoms with E-state index in [0.29, 0.717) is 19.4 Å². The second kappa shape index (κ2) is 6.43. The van der Waals surface area contributed by atoms with Crippen molar-refractivity contribution >= 4 is 61.9 Å². The highest BCUT2D eigenvalue weighted by atomic mass is 79.9. The zero-order chi connectivity index (χ0) is 16.6. The molecule has 0 unspecified atom stereocenters. The third-order valence-corrected chi connectivity index (χ3v) is 5.09. The summed E-state index contributed by atoms with van der Waals surface area (Å²) in [5.41, 5.74) is 1.29. The number of carbonyl (C=O) groups excluding carboxylic acids is 1. The highest BCUT2D eigenvalue weighted by Crippen LogP contribution is 2.36. The fourth-order valence-corrected chi connectivity index (χ4v) is 3.74. The van der Waals surface area contributed by atoms with Crippen LogP contribution >= 0.6 is 39.9 Å². The smallest absolute Gasteiger partial charge is 0.270 e. The fourth-order valence-electron chi connectivity index (χ4n) is 2.04. The van der Waals surface area contributed by atoms with Gasteiger partial charge in [-0.2, -0.15) is 0 Å². The maximum absolute atomic E-state index is 13.0. The molecule has 0 atom stereocenters. The Kier molecular flexibility index (Phi) is 4.52. The highest BCUT2D eigenvalue weighted by molar-refractivity contribution is 9.10. The van der Waals surface area contributed by atoms with E-state index in [0.717, 1.165) is 5.56 Å². The standard InChI is InChI=1S/C16H9BrFNO2S2/c17-12-7-9(1-6-13(12)20)8-14-15(21)19(16(22)23-14)11-4-2-10(18)3-5-11/h1-8,20H. The number of benzene rings is 2. The number of anilines is 1. The molecule has 1 fully saturated rings. The Morgan fingerprint density at radius 2 is 1.91 bits per heavy atom. The predicted molar refractivity (Wildman–Crippen MR) is 97.9 cm³/mol. The molecule has 1 saturated heterocycles. The number of carbonyl (C=O) groups is 1. The number of nitrogens with zero attached hydrogens (tertiary/aromatic N) is 1. The summed E-state index contributed by atoms with van der Waals surface area (Å²) >= 11 is 9.67. The molecule has 1 aliphatic rings. The molecule has 23 heavy (non-hydrogen) atoms. The van der Waals surface area contributed by atoms with Crippen molar-refractivity contribution in [3.8, 4) is 5.75 Å². The number of amides is 1. The quantitative estimate of drug-likeness (QED) is 0.576. The van der Waals surface area contributed by atoms with Gasteiger partial charge in [-0.15, -0.1) is 0 Å². The summed E-state index contributed by atoms with van der Waals surface area (Å²) in [5, 5.41) is 9.51. The van der Waals surface area contributed by atoms with Crippen LogP contribution in [0.15, 0.2) is 51.8 Å². The van der Waals surface area contributed by atoms with Gasteiger partial charge in [0, 0.05) is 0 Å². The molecule has 1 aliphatic heterocycles. The lowest BCUT2D eigenvalue weighted by Crippen LogP contribution is -2.27. The largest absolute Gasteiger partial charge is 0.507 e. The van der Waals surface area contributed by atoms with Gasteiger partial charge in [0.2, 0.25) is 0 Å². The van der Waals surface area contributed by atoms with Gasteiger partial charge in [0.05, 0.1) is 15.1 Å². The zero-order valence-electron chi connectivity index (χ0n) is 11.5. The molecule has 0 spiro atoms. The molecule has 3 rings (SSSR count). The number of thioether (sulfide) groups is 1. The van der Waals surface area contributed by atoms with Crippen LogP contribution in [-0.2, 0) is 4.79 Å². The number of halogens is 2. The lowest BCUT2D eigenvalue weighted by atomic mass is 10.2. The summed E-state index contributed by atoms with van der Waals surface area (Å²) < 4.78 is 14.0. The van der Waals surface area contributed by atoms with Crippen molar-refractivity contribution in [2.75, 3.05) is 4.90 Å². The van der Waals surface area contributed by atoms with E-state index in [1.165, 1.54) is 47.0 Å². The van der Waals surface area contributed by atoms with Crippen LogP contribution in [0.25, 0.3) is 6.08 Å². The topological polar surface area (TPSA) is 40.5 Å². The highest BCUT2D eigenvalue weighted by Gasteiger charge is 2.33. The molecular formula is C16H9BrFNO2S2. The summed E-state index contributed by atoms with van der Waals surface area (Å²) in [5.74, 6) is -0.500. The summed E-state index contributed by atoms with van der Waals surface area (Å²) in [7, 11) is 0. The number of rotatable bonds is 2. The molecular weight excluding hydrogens is 401 g/mol. The SMILES string of the molecule is O=C1C(=Cc2ccc(O)c(Br)c2)SC(=S)N1c1ccc(F)cc1. The Hall–Kier alpha value is -1.70. The second-order valence-electron chi connectivity index (χ2n) is 4.70. The van der Waals surface area contributed by atoms with Crippen molar-refractivity contribution in [1.82, 2.24) is 0 Å². The monoisotopic (exact) mass is 409 g/mol. The maximum Gasteiger partial charge on any atom is 0.270 e. The number of hydrogen-bond acceptors (Lipinski definition) is 4. The van der Waals surface area contributed by atoms with Crippen LogP contribution in [0.2, 0.25) is 0 Å². The average molecular weight is 410 g/mol. The molecule has 1 heterocycles. The third kappa shape index (κ3) is 3.31. The van der Waals surface area contributed by atoms with Gasteiger partial charge in [0.25, 0.3) is 5.91 Å². The molecule has 0 aromatic heterocycles. The first-order chi connectivity index (χ1) is 11.0. The fraction of sp³-hybridized carbons (Fsp3) is 0. The molecule has 0 saturated carbocycles. The molecule has 3 nitrogen and oxygen atoms in total. The minimum Gasteiger partial charge on any atom is -0.507 e. The van der Waals surface area contributed by atoms with Crippen molar-refractivity contribution in [3.63, 3.8) is 0 Å². The zero-order valence-corrected chi connectivity index (χ0v) is 14.7. The van der Waals surface area contributed by atoms with E-state index in [1.807, 2.05) is 0 Å². The van der Waals surface area contributed by atoms with Gasteiger partial charge in [0.15, 0.2) is 4.32 Å². The lowest BCUT2D eigenvalue weighted by Gasteiger charge is -2.14. The Labute approximate surface area is 149 Å². The number of aromatic hydroxyl groups is 1. The van der Waals surface area contributed by atoms with Crippen LogP contribution < -0.4 is 4.90 Å². The summed E-state index contributed by atoms with van der Waals surface area (Å²) in [6.45, 7) is 0. The molecule has 7 heteroatoms. The summed E-state index contributed by atoms with van der Waals surface area (Å²) in [6, 6.07) is 10.5. The number of phenolic OH excluding ortho intramolecular Hbond substituents is 1. The van der Waals surface area contributed by atoms with Gasteiger partial charge < -0.3 is 5.11 Å². The minimum atomic E-state index is -0.372. The Morgan fingerprint density at radius 1 is 1.22 bits per heavy atom. The molecule has 2 aromatic carbocycles. The molecule has 2 aromatic rings. The van der Waals surface area contributed by atoms with Gasteiger partial charge >= 0.3 is 0 Å². The second-order valence-corrected chi connectivity index (χ2v) is 7.23. The third-order valence-electron chi connectivity index (χ3n) is 3.15. The number of phenols is 1. The van der Waals surface area contributed by atoms with Crippen LogP contribution in [-0.4, -0.2) is 15.3 Å². The van der Waals surface area contributed by atoms with Gasteiger partial charge in [-0.1, -0.05) is 30.0 Å². The van der Waals surface area contributed by atoms with Crippen molar-refractivity contribution < 1.29 is 14.3 Å². The van der Waals surface area contributed by atoms with E-state index in [4.69, 9.17) is 12.2 Å². The van der Waals surface area contributed by atoms with E-state index in [1.54, 1.807) is 18.2 Å². The number of thiocarbonyl (C=S) groups is 1. The normalized spacial score (nSPS) is 16.4. The lowest BCUT2D eigenvalue weighted by molar-refractivity contribution is -0.113. The van der Waals surface area contributed by atoms with Crippen LogP contribution in [0.3, 0.4) is 0 Å². The van der Waals surface area contributed by atoms with Crippen LogP contribution in [0.4, 0.5) is 10.1 Å². The van der Waals surface area contributed by atoms with Gasteiger partial charge in [-0.05, 0) is 64.0 Å². The Morgan fingerprint density at radius 3 is 2.57 bits per heavy atom. The molecule has 0 aliphatic carbocycles. The van der Waals surface area contributed by atoms with Crippen LogP contribution in [0, 0.1) is 5.82 Å². The average Bonchev–Trinajstić information content (AvgIpc) is 2.79. The van der Waals surface area contributed by atoms with Gasteiger partial charge in [0.1, 0.15) is 11.6 Å². The van der Waals surface area contributed by atoms with Crippen molar-refractivity contribution in [1.29, 1.82) is 0 Å². The molecule has 0 bridgehead atoms. The van der Waals surface area contributed by atoms with Crippen molar-refractivity contribution in [2.45, 2.75) is 0 Å². The van der Waals surface area contributed by atoms with E-state index < -0.39 is 0 Å². The molecule has 1 N–H and O–H groups in total. The van der Waals surface area contributed by atoms with Gasteiger partial charge in [-0.25, -0.2) is 4.39 Å². The molecule has 116 valence electrons. The van der Waals surface area contributed by atoms with E-state index in [9.17, 15) is 14.3 Å². The first-order valence-corrected chi connectivity index (χ1v) is 8.49. The van der Waals surface area contributed by atoms with E-state index in [-0.39, 0.29) is 17.5 Å². The molecule has 1 amide bonds. The van der Waals surface area contributed by atoms with E-state index in [2.05, 4.69) is 15.9 Å². The van der Waals surface area contributed by atoms with Gasteiger partial charge in [-0.3, -0.25) is 9.69 Å². The Bertz CT molecular complexity index is 836. The number of hydrogen-bond donors (Lipinski definition) is 1. The first kappa shape index (κ1) is 16.2. The van der Waals surface area contributed by atoms with E-state index >= 15 is 0 Å². The minimum absolute atomic E-state index is 0.126. The van der Waals surface area contributed by atoms with Crippen LogP contribution in [0.1, 0.15) is 5.56 Å². The Balaban J connectivity index is 1.92.